The molecule has 0 saturated carbocycles. The molecule has 0 radical (unpaired) electrons. The van der Waals surface area contributed by atoms with Gasteiger partial charge in [-0.1, -0.05) is 35.9 Å². The van der Waals surface area contributed by atoms with E-state index in [9.17, 15) is 14.7 Å². The van der Waals surface area contributed by atoms with E-state index in [1.807, 2.05) is 18.2 Å². The number of benzene rings is 2. The highest BCUT2D eigenvalue weighted by molar-refractivity contribution is 6.31. The first kappa shape index (κ1) is 16.3. The molecule has 1 atom stereocenters. The van der Waals surface area contributed by atoms with Gasteiger partial charge in [-0.05, 0) is 48.1 Å². The summed E-state index contributed by atoms with van der Waals surface area (Å²) in [6, 6.07) is 12.2. The van der Waals surface area contributed by atoms with Gasteiger partial charge in [0.15, 0.2) is 0 Å². The topological polar surface area (TPSA) is 78.4 Å². The number of amides is 2. The first-order chi connectivity index (χ1) is 11.5. The lowest BCUT2D eigenvalue weighted by Gasteiger charge is -2.13. The van der Waals surface area contributed by atoms with E-state index in [-0.39, 0.29) is 23.1 Å². The first-order valence-corrected chi connectivity index (χ1v) is 8.08. The average molecular weight is 345 g/mol. The Hall–Kier alpha value is -2.53. The van der Waals surface area contributed by atoms with E-state index >= 15 is 0 Å². The zero-order chi connectivity index (χ0) is 17.1. The Morgan fingerprint density at radius 2 is 1.96 bits per heavy atom. The molecule has 0 bridgehead atoms. The minimum Gasteiger partial charge on any atom is -0.507 e. The number of phenols is 1. The second-order valence-electron chi connectivity index (χ2n) is 5.80. The fourth-order valence-corrected chi connectivity index (χ4v) is 3.19. The van der Waals surface area contributed by atoms with Crippen molar-refractivity contribution in [3.8, 4) is 5.75 Å². The van der Waals surface area contributed by atoms with Crippen LogP contribution in [-0.4, -0.2) is 16.9 Å². The third-order valence-electron chi connectivity index (χ3n) is 4.21. The maximum atomic E-state index is 12.1. The van der Waals surface area contributed by atoms with Crippen LogP contribution in [0.5, 0.6) is 5.75 Å². The number of fused-ring (bicyclic) bond motifs is 1. The fraction of sp³-hybridized carbons (Fsp3) is 0.222. The highest BCUT2D eigenvalue weighted by Crippen LogP contribution is 2.34. The maximum absolute atomic E-state index is 12.1. The predicted octanol–water partition coefficient (Wildman–Crippen LogP) is 2.93. The number of hydrogen-bond acceptors (Lipinski definition) is 3. The third-order valence-corrected chi connectivity index (χ3v) is 4.44. The molecule has 3 rings (SSSR count). The van der Waals surface area contributed by atoms with Crippen molar-refractivity contribution in [2.24, 2.45) is 0 Å². The SMILES string of the molecule is O=C(CC1CCc2ccccc21)NNC(=O)c1cc(Cl)ccc1O. The maximum Gasteiger partial charge on any atom is 0.273 e. The molecule has 0 aromatic heterocycles. The number of nitrogens with one attached hydrogen (secondary N) is 2. The molecule has 0 fully saturated rings. The Kier molecular flexibility index (Phi) is 4.71. The molecule has 1 aliphatic carbocycles. The second-order valence-corrected chi connectivity index (χ2v) is 6.24. The number of aryl methyl sites for hydroxylation is 1. The lowest BCUT2D eigenvalue weighted by Crippen LogP contribution is -2.42. The molecule has 3 N–H and O–H groups in total. The van der Waals surface area contributed by atoms with Crippen LogP contribution in [-0.2, 0) is 11.2 Å². The van der Waals surface area contributed by atoms with Crippen LogP contribution in [0.4, 0.5) is 0 Å². The zero-order valence-corrected chi connectivity index (χ0v) is 13.6. The van der Waals surface area contributed by atoms with E-state index in [0.29, 0.717) is 11.4 Å². The number of halogens is 1. The molecule has 24 heavy (non-hydrogen) atoms. The lowest BCUT2D eigenvalue weighted by atomic mass is 9.98. The van der Waals surface area contributed by atoms with Crippen LogP contribution in [0.3, 0.4) is 0 Å². The zero-order valence-electron chi connectivity index (χ0n) is 12.9. The smallest absolute Gasteiger partial charge is 0.273 e. The highest BCUT2D eigenvalue weighted by Gasteiger charge is 2.24. The highest BCUT2D eigenvalue weighted by atomic mass is 35.5. The predicted molar refractivity (Wildman–Crippen MR) is 90.8 cm³/mol. The fourth-order valence-electron chi connectivity index (χ4n) is 3.02. The van der Waals surface area contributed by atoms with E-state index in [0.717, 1.165) is 12.8 Å². The van der Waals surface area contributed by atoms with E-state index in [4.69, 9.17) is 11.6 Å². The summed E-state index contributed by atoms with van der Waals surface area (Å²) >= 11 is 5.81. The van der Waals surface area contributed by atoms with Gasteiger partial charge in [-0.15, -0.1) is 0 Å². The van der Waals surface area contributed by atoms with Crippen molar-refractivity contribution in [1.82, 2.24) is 10.9 Å². The number of hydrogen-bond donors (Lipinski definition) is 3. The first-order valence-electron chi connectivity index (χ1n) is 7.70. The number of rotatable bonds is 3. The number of carbonyl (C=O) groups excluding carboxylic acids is 2. The molecular formula is C18H17ClN2O3. The van der Waals surface area contributed by atoms with Gasteiger partial charge in [-0.3, -0.25) is 20.4 Å². The largest absolute Gasteiger partial charge is 0.507 e. The van der Waals surface area contributed by atoms with Gasteiger partial charge in [-0.25, -0.2) is 0 Å². The van der Waals surface area contributed by atoms with Crippen molar-refractivity contribution >= 4 is 23.4 Å². The Bertz CT molecular complexity index is 792. The molecule has 2 aromatic carbocycles. The van der Waals surface area contributed by atoms with Crippen molar-refractivity contribution in [3.05, 3.63) is 64.2 Å². The van der Waals surface area contributed by atoms with Crippen LogP contribution in [0.15, 0.2) is 42.5 Å². The number of aromatic hydroxyl groups is 1. The van der Waals surface area contributed by atoms with Gasteiger partial charge >= 0.3 is 0 Å². The van der Waals surface area contributed by atoms with Crippen molar-refractivity contribution in [3.63, 3.8) is 0 Å². The molecule has 124 valence electrons. The summed E-state index contributed by atoms with van der Waals surface area (Å²) in [5.41, 5.74) is 7.19. The van der Waals surface area contributed by atoms with Gasteiger partial charge in [0.25, 0.3) is 5.91 Å². The average Bonchev–Trinajstić information content (AvgIpc) is 2.98. The summed E-state index contributed by atoms with van der Waals surface area (Å²) in [5, 5.41) is 10.0. The minimum atomic E-state index is -0.616. The van der Waals surface area contributed by atoms with Crippen molar-refractivity contribution in [2.75, 3.05) is 0 Å². The van der Waals surface area contributed by atoms with E-state index < -0.39 is 5.91 Å². The molecule has 0 spiro atoms. The normalized spacial score (nSPS) is 15.6. The molecule has 1 aliphatic rings. The van der Waals surface area contributed by atoms with Crippen LogP contribution in [0.25, 0.3) is 0 Å². The third kappa shape index (κ3) is 3.51. The van der Waals surface area contributed by atoms with Crippen molar-refractivity contribution in [2.45, 2.75) is 25.2 Å². The van der Waals surface area contributed by atoms with Crippen LogP contribution >= 0.6 is 11.6 Å². The van der Waals surface area contributed by atoms with Gasteiger partial charge in [-0.2, -0.15) is 0 Å². The van der Waals surface area contributed by atoms with Gasteiger partial charge in [0, 0.05) is 11.4 Å². The summed E-state index contributed by atoms with van der Waals surface area (Å²) in [6.45, 7) is 0. The van der Waals surface area contributed by atoms with Crippen LogP contribution in [0, 0.1) is 0 Å². The molecule has 1 unspecified atom stereocenters. The molecular weight excluding hydrogens is 328 g/mol. The summed E-state index contributed by atoms with van der Waals surface area (Å²) in [7, 11) is 0. The molecule has 6 heteroatoms. The summed E-state index contributed by atoms with van der Waals surface area (Å²) in [5.74, 6) is -0.921. The summed E-state index contributed by atoms with van der Waals surface area (Å²) in [4.78, 5) is 24.1. The monoisotopic (exact) mass is 344 g/mol. The number of hydrazine groups is 1. The lowest BCUT2D eigenvalue weighted by molar-refractivity contribution is -0.122. The number of carbonyl (C=O) groups is 2. The molecule has 0 heterocycles. The quantitative estimate of drug-likeness (QED) is 0.749. The summed E-state index contributed by atoms with van der Waals surface area (Å²) in [6.07, 6.45) is 2.20. The Labute approximate surface area is 144 Å². The summed E-state index contributed by atoms with van der Waals surface area (Å²) < 4.78 is 0. The Morgan fingerprint density at radius 1 is 1.17 bits per heavy atom. The van der Waals surface area contributed by atoms with Crippen LogP contribution in [0.2, 0.25) is 5.02 Å². The van der Waals surface area contributed by atoms with E-state index in [1.54, 1.807) is 0 Å². The van der Waals surface area contributed by atoms with Gasteiger partial charge in [0.1, 0.15) is 5.75 Å². The number of phenolic OH excluding ortho intramolecular Hbond substituents is 1. The second kappa shape index (κ2) is 6.93. The van der Waals surface area contributed by atoms with Crippen LogP contribution in [0.1, 0.15) is 40.2 Å². The van der Waals surface area contributed by atoms with Crippen molar-refractivity contribution < 1.29 is 14.7 Å². The van der Waals surface area contributed by atoms with Crippen molar-refractivity contribution in [1.29, 1.82) is 0 Å². The van der Waals surface area contributed by atoms with E-state index in [1.165, 1.54) is 29.3 Å². The Balaban J connectivity index is 1.57. The van der Waals surface area contributed by atoms with Gasteiger partial charge in [0.2, 0.25) is 5.91 Å². The molecule has 2 aromatic rings. The van der Waals surface area contributed by atoms with Crippen LogP contribution < -0.4 is 10.9 Å². The molecule has 0 aliphatic heterocycles. The Morgan fingerprint density at radius 3 is 2.79 bits per heavy atom. The minimum absolute atomic E-state index is 0.00834. The van der Waals surface area contributed by atoms with Gasteiger partial charge in [0.05, 0.1) is 5.56 Å². The van der Waals surface area contributed by atoms with E-state index in [2.05, 4.69) is 16.9 Å². The standard InChI is InChI=1S/C18H17ClN2O3/c19-13-7-8-16(22)15(10-13)18(24)21-20-17(23)9-12-6-5-11-3-1-2-4-14(11)12/h1-4,7-8,10,12,22H,5-6,9H2,(H,20,23)(H,21,24). The molecule has 2 amide bonds. The molecule has 5 nitrogen and oxygen atoms in total. The van der Waals surface area contributed by atoms with Gasteiger partial charge < -0.3 is 5.11 Å². The molecule has 0 saturated heterocycles.